The highest BCUT2D eigenvalue weighted by atomic mass is 19.3. The first kappa shape index (κ1) is 29.7. The van der Waals surface area contributed by atoms with Crippen LogP contribution in [-0.4, -0.2) is 58.5 Å². The highest BCUT2D eigenvalue weighted by Gasteiger charge is 2.40. The van der Waals surface area contributed by atoms with E-state index in [1.54, 1.807) is 34.1 Å². The SMILES string of the molecule is CC(C)(COc1ccc2c(c1)C=C(C1=CC(NC(=O)c3cnn(Cc4ccccc4)c3)=CCC1=O)C2)CN1CCC(F)(F)C1. The van der Waals surface area contributed by atoms with Crippen LogP contribution in [0.15, 0.2) is 89.9 Å². The van der Waals surface area contributed by atoms with Crippen LogP contribution in [0.4, 0.5) is 8.78 Å². The van der Waals surface area contributed by atoms with Crippen LogP contribution in [-0.2, 0) is 17.8 Å². The number of hydrogen-bond acceptors (Lipinski definition) is 5. The molecule has 0 spiro atoms. The first-order valence-corrected chi connectivity index (χ1v) is 14.9. The number of halogens is 2. The van der Waals surface area contributed by atoms with Crippen LogP contribution in [0.5, 0.6) is 5.75 Å². The second-order valence-electron chi connectivity index (χ2n) is 12.7. The zero-order chi connectivity index (χ0) is 30.9. The summed E-state index contributed by atoms with van der Waals surface area (Å²) in [7, 11) is 0. The van der Waals surface area contributed by atoms with Gasteiger partial charge in [0.2, 0.25) is 0 Å². The molecule has 3 aliphatic rings. The molecule has 6 rings (SSSR count). The molecule has 1 amide bonds. The lowest BCUT2D eigenvalue weighted by Gasteiger charge is -2.30. The number of rotatable bonds is 10. The van der Waals surface area contributed by atoms with Crippen LogP contribution in [0.25, 0.3) is 6.08 Å². The number of nitrogens with zero attached hydrogens (tertiary/aromatic N) is 3. The number of allylic oxidation sites excluding steroid dienone is 4. The average molecular weight is 599 g/mol. The number of Topliss-reactive ketones (excluding diaryl/α,β-unsaturated/α-hetero) is 1. The third kappa shape index (κ3) is 7.05. The van der Waals surface area contributed by atoms with Gasteiger partial charge in [-0.2, -0.15) is 5.10 Å². The van der Waals surface area contributed by atoms with E-state index >= 15 is 0 Å². The first-order valence-electron chi connectivity index (χ1n) is 14.9. The zero-order valence-electron chi connectivity index (χ0n) is 25.0. The van der Waals surface area contributed by atoms with Crippen LogP contribution in [0.3, 0.4) is 0 Å². The molecule has 1 saturated heterocycles. The summed E-state index contributed by atoms with van der Waals surface area (Å²) in [5.74, 6) is -2.19. The van der Waals surface area contributed by atoms with Gasteiger partial charge in [-0.1, -0.05) is 62.4 Å². The fourth-order valence-corrected chi connectivity index (χ4v) is 5.95. The van der Waals surface area contributed by atoms with Gasteiger partial charge in [-0.15, -0.1) is 0 Å². The molecule has 9 heteroatoms. The smallest absolute Gasteiger partial charge is 0.261 e. The molecule has 2 aromatic carbocycles. The predicted octanol–water partition coefficient (Wildman–Crippen LogP) is 5.83. The third-order valence-electron chi connectivity index (χ3n) is 8.15. The molecule has 0 bridgehead atoms. The molecule has 7 nitrogen and oxygen atoms in total. The number of nitrogens with one attached hydrogen (secondary N) is 1. The van der Waals surface area contributed by atoms with Gasteiger partial charge in [-0.05, 0) is 46.9 Å². The van der Waals surface area contributed by atoms with E-state index in [2.05, 4.69) is 10.4 Å². The molecule has 1 fully saturated rings. The number of ether oxygens (including phenoxy) is 1. The maximum Gasteiger partial charge on any atom is 0.261 e. The number of aromatic nitrogens is 2. The van der Waals surface area contributed by atoms with Gasteiger partial charge < -0.3 is 10.1 Å². The highest BCUT2D eigenvalue weighted by Crippen LogP contribution is 2.35. The third-order valence-corrected chi connectivity index (χ3v) is 8.15. The van der Waals surface area contributed by atoms with Crippen molar-refractivity contribution in [2.75, 3.05) is 26.2 Å². The Morgan fingerprint density at radius 2 is 1.95 bits per heavy atom. The van der Waals surface area contributed by atoms with E-state index in [9.17, 15) is 18.4 Å². The molecule has 3 aromatic rings. The largest absolute Gasteiger partial charge is 0.493 e. The summed E-state index contributed by atoms with van der Waals surface area (Å²) >= 11 is 0. The molecular weight excluding hydrogens is 562 g/mol. The van der Waals surface area contributed by atoms with Crippen LogP contribution in [0.2, 0.25) is 0 Å². The Kier molecular flexibility index (Phi) is 8.07. The minimum atomic E-state index is -2.61. The van der Waals surface area contributed by atoms with Crippen molar-refractivity contribution >= 4 is 17.8 Å². The molecule has 0 saturated carbocycles. The normalized spacial score (nSPS) is 18.0. The summed E-state index contributed by atoms with van der Waals surface area (Å²) in [4.78, 5) is 27.7. The first-order chi connectivity index (χ1) is 21.0. The molecule has 0 radical (unpaired) electrons. The van der Waals surface area contributed by atoms with Crippen molar-refractivity contribution in [3.05, 3.63) is 112 Å². The molecule has 228 valence electrons. The molecule has 1 aliphatic heterocycles. The predicted molar refractivity (Wildman–Crippen MR) is 164 cm³/mol. The Morgan fingerprint density at radius 1 is 1.14 bits per heavy atom. The van der Waals surface area contributed by atoms with E-state index in [1.165, 1.54) is 0 Å². The van der Waals surface area contributed by atoms with Gasteiger partial charge in [-0.25, -0.2) is 8.78 Å². The van der Waals surface area contributed by atoms with Crippen LogP contribution in [0.1, 0.15) is 53.7 Å². The topological polar surface area (TPSA) is 76.5 Å². The minimum absolute atomic E-state index is 0.00319. The summed E-state index contributed by atoms with van der Waals surface area (Å²) in [5, 5.41) is 7.24. The molecule has 1 aromatic heterocycles. The number of likely N-dealkylation sites (tertiary alicyclic amines) is 1. The van der Waals surface area contributed by atoms with Gasteiger partial charge in [0.05, 0.1) is 31.5 Å². The van der Waals surface area contributed by atoms with Crippen molar-refractivity contribution in [2.45, 2.75) is 45.6 Å². The molecule has 2 aliphatic carbocycles. The lowest BCUT2D eigenvalue weighted by atomic mass is 9.93. The number of benzene rings is 2. The number of alkyl halides is 2. The number of carbonyl (C=O) groups is 2. The Morgan fingerprint density at radius 3 is 2.73 bits per heavy atom. The molecule has 2 heterocycles. The van der Waals surface area contributed by atoms with Gasteiger partial charge >= 0.3 is 0 Å². The van der Waals surface area contributed by atoms with Crippen molar-refractivity contribution in [1.82, 2.24) is 20.0 Å². The van der Waals surface area contributed by atoms with E-state index in [-0.39, 0.29) is 36.5 Å². The Labute approximate surface area is 255 Å². The van der Waals surface area contributed by atoms with Crippen LogP contribution >= 0.6 is 0 Å². The van der Waals surface area contributed by atoms with Gasteiger partial charge in [-0.3, -0.25) is 19.2 Å². The number of fused-ring (bicyclic) bond motifs is 1. The fourth-order valence-electron chi connectivity index (χ4n) is 5.95. The van der Waals surface area contributed by atoms with Crippen molar-refractivity contribution in [3.8, 4) is 5.75 Å². The monoisotopic (exact) mass is 598 g/mol. The maximum atomic E-state index is 13.6. The zero-order valence-corrected chi connectivity index (χ0v) is 25.0. The number of hydrogen-bond donors (Lipinski definition) is 1. The highest BCUT2D eigenvalue weighted by molar-refractivity contribution is 6.04. The molecule has 1 N–H and O–H groups in total. The Balaban J connectivity index is 1.08. The van der Waals surface area contributed by atoms with Crippen LogP contribution in [0, 0.1) is 5.41 Å². The summed E-state index contributed by atoms with van der Waals surface area (Å²) in [6, 6.07) is 15.8. The van der Waals surface area contributed by atoms with E-state index in [1.807, 2.05) is 68.5 Å². The lowest BCUT2D eigenvalue weighted by Crippen LogP contribution is -2.37. The van der Waals surface area contributed by atoms with Crippen LogP contribution < -0.4 is 10.1 Å². The van der Waals surface area contributed by atoms with Crippen molar-refractivity contribution < 1.29 is 23.1 Å². The van der Waals surface area contributed by atoms with Gasteiger partial charge in [0.25, 0.3) is 11.8 Å². The quantitative estimate of drug-likeness (QED) is 0.318. The second kappa shape index (κ2) is 12.0. The molecule has 44 heavy (non-hydrogen) atoms. The Hall–Kier alpha value is -4.37. The van der Waals surface area contributed by atoms with Gasteiger partial charge in [0.1, 0.15) is 5.75 Å². The van der Waals surface area contributed by atoms with E-state index in [4.69, 9.17) is 4.74 Å². The fraction of sp³-hybridized carbons (Fsp3) is 0.343. The molecular formula is C35H36F2N4O3. The minimum Gasteiger partial charge on any atom is -0.493 e. The van der Waals surface area contributed by atoms with Crippen molar-refractivity contribution in [3.63, 3.8) is 0 Å². The summed E-state index contributed by atoms with van der Waals surface area (Å²) in [6.45, 7) is 5.75. The average Bonchev–Trinajstić information content (AvgIpc) is 3.71. The van der Waals surface area contributed by atoms with E-state index in [0.29, 0.717) is 55.2 Å². The van der Waals surface area contributed by atoms with E-state index in [0.717, 1.165) is 22.3 Å². The van der Waals surface area contributed by atoms with E-state index < -0.39 is 5.92 Å². The maximum absolute atomic E-state index is 13.6. The van der Waals surface area contributed by atoms with Crippen molar-refractivity contribution in [1.29, 1.82) is 0 Å². The number of ketones is 1. The summed E-state index contributed by atoms with van der Waals surface area (Å²) < 4.78 is 35.1. The Bertz CT molecular complexity index is 1670. The molecule has 0 unspecified atom stereocenters. The second-order valence-corrected chi connectivity index (χ2v) is 12.7. The summed E-state index contributed by atoms with van der Waals surface area (Å²) in [5.41, 5.74) is 5.37. The number of amides is 1. The standard InChI is InChI=1S/C35H36F2N4O3/c1-34(2,21-40-13-12-35(36,37)22-40)23-44-30-10-8-25-14-27(15-26(25)16-30)31-17-29(9-11-32(31)42)39-33(43)28-18-38-41(20-28)19-24-6-4-3-5-7-24/h3-10,15-18,20H,11-14,19,21-23H2,1-2H3,(H,39,43). The molecule has 0 atom stereocenters. The lowest BCUT2D eigenvalue weighted by molar-refractivity contribution is -0.114. The summed E-state index contributed by atoms with van der Waals surface area (Å²) in [6.07, 6.45) is 9.46. The van der Waals surface area contributed by atoms with Gasteiger partial charge in [0, 0.05) is 48.8 Å². The van der Waals surface area contributed by atoms with Crippen molar-refractivity contribution in [2.24, 2.45) is 5.41 Å². The van der Waals surface area contributed by atoms with Gasteiger partial charge in [0.15, 0.2) is 5.78 Å². The number of carbonyl (C=O) groups excluding carboxylic acids is 2.